The van der Waals surface area contributed by atoms with Crippen molar-refractivity contribution in [1.82, 2.24) is 4.98 Å². The zero-order valence-electron chi connectivity index (χ0n) is 15.1. The molecule has 4 heteroatoms. The smallest absolute Gasteiger partial charge is 0.276 e. The summed E-state index contributed by atoms with van der Waals surface area (Å²) < 4.78 is 0. The summed E-state index contributed by atoms with van der Waals surface area (Å²) in [6.45, 7) is 1.64. The van der Waals surface area contributed by atoms with E-state index in [9.17, 15) is 4.79 Å². The Hall–Kier alpha value is -3.14. The molecule has 0 saturated carbocycles. The summed E-state index contributed by atoms with van der Waals surface area (Å²) in [4.78, 5) is 22.0. The molecule has 0 saturated heterocycles. The number of carbonyl (C=O) groups excluding carboxylic acids is 1. The minimum absolute atomic E-state index is 0.0212. The average molecular weight is 355 g/mol. The molecule has 134 valence electrons. The molecular formula is C23H21N3O. The molecule has 1 amide bonds. The van der Waals surface area contributed by atoms with Crippen molar-refractivity contribution in [2.75, 3.05) is 22.9 Å². The van der Waals surface area contributed by atoms with Gasteiger partial charge >= 0.3 is 0 Å². The highest BCUT2D eigenvalue weighted by Crippen LogP contribution is 2.33. The lowest BCUT2D eigenvalue weighted by molar-refractivity contribution is 0.0984. The van der Waals surface area contributed by atoms with E-state index in [1.54, 1.807) is 0 Å². The van der Waals surface area contributed by atoms with E-state index >= 15 is 0 Å². The summed E-state index contributed by atoms with van der Waals surface area (Å²) in [6, 6.07) is 22.3. The van der Waals surface area contributed by atoms with Gasteiger partial charge in [0.25, 0.3) is 5.91 Å². The van der Waals surface area contributed by atoms with Gasteiger partial charge in [-0.1, -0.05) is 42.5 Å². The number of nitrogens with zero attached hydrogens (tertiary/aromatic N) is 3. The minimum Gasteiger partial charge on any atom is -0.326 e. The number of para-hydroxylation sites is 2. The molecule has 1 aromatic heterocycles. The number of carbonyl (C=O) groups is 1. The van der Waals surface area contributed by atoms with Crippen LogP contribution in [-0.4, -0.2) is 24.0 Å². The molecule has 0 bridgehead atoms. The van der Waals surface area contributed by atoms with Crippen LogP contribution in [-0.2, 0) is 12.8 Å². The number of hydrogen-bond donors (Lipinski definition) is 0. The fraction of sp³-hybridized carbons (Fsp3) is 0.217. The van der Waals surface area contributed by atoms with Crippen LogP contribution in [0.4, 0.5) is 17.2 Å². The number of pyridine rings is 1. The summed E-state index contributed by atoms with van der Waals surface area (Å²) in [5.41, 5.74) is 5.29. The number of fused-ring (bicyclic) bond motifs is 2. The number of benzene rings is 2. The number of anilines is 3. The van der Waals surface area contributed by atoms with Gasteiger partial charge in [-0.3, -0.25) is 4.79 Å². The van der Waals surface area contributed by atoms with Gasteiger partial charge in [0, 0.05) is 24.5 Å². The SMILES string of the molecule is O=C(c1cccc(N2CCCc3ccccc32)n1)N1CCc2ccccc21. The molecule has 3 heterocycles. The van der Waals surface area contributed by atoms with Crippen LogP contribution in [0.1, 0.15) is 28.0 Å². The van der Waals surface area contributed by atoms with Crippen molar-refractivity contribution in [3.63, 3.8) is 0 Å². The van der Waals surface area contributed by atoms with Crippen molar-refractivity contribution < 1.29 is 4.79 Å². The number of aromatic nitrogens is 1. The van der Waals surface area contributed by atoms with Gasteiger partial charge in [-0.15, -0.1) is 0 Å². The van der Waals surface area contributed by atoms with Crippen molar-refractivity contribution >= 4 is 23.1 Å². The van der Waals surface area contributed by atoms with E-state index in [1.807, 2.05) is 41.3 Å². The van der Waals surface area contributed by atoms with Gasteiger partial charge in [0.15, 0.2) is 0 Å². The first-order valence-corrected chi connectivity index (χ1v) is 9.53. The number of rotatable bonds is 2. The molecule has 0 N–H and O–H groups in total. The summed E-state index contributed by atoms with van der Waals surface area (Å²) in [5, 5.41) is 0. The zero-order valence-corrected chi connectivity index (χ0v) is 15.1. The Morgan fingerprint density at radius 1 is 0.778 bits per heavy atom. The molecule has 0 atom stereocenters. The molecule has 2 aliphatic rings. The topological polar surface area (TPSA) is 36.4 Å². The Kier molecular flexibility index (Phi) is 3.89. The Bertz CT molecular complexity index is 1010. The lowest BCUT2D eigenvalue weighted by Crippen LogP contribution is -2.30. The van der Waals surface area contributed by atoms with E-state index in [2.05, 4.69) is 35.2 Å². The van der Waals surface area contributed by atoms with Crippen LogP contribution in [0.2, 0.25) is 0 Å². The predicted octanol–water partition coefficient (Wildman–Crippen LogP) is 4.37. The van der Waals surface area contributed by atoms with Crippen LogP contribution in [0.3, 0.4) is 0 Å². The quantitative estimate of drug-likeness (QED) is 0.685. The fourth-order valence-electron chi connectivity index (χ4n) is 4.15. The van der Waals surface area contributed by atoms with E-state index in [0.29, 0.717) is 5.69 Å². The number of amides is 1. The highest BCUT2D eigenvalue weighted by atomic mass is 16.2. The fourth-order valence-corrected chi connectivity index (χ4v) is 4.15. The molecule has 5 rings (SSSR count). The van der Waals surface area contributed by atoms with Gasteiger partial charge in [-0.2, -0.15) is 0 Å². The average Bonchev–Trinajstić information content (AvgIpc) is 3.17. The third kappa shape index (κ3) is 2.78. The monoisotopic (exact) mass is 355 g/mol. The third-order valence-electron chi connectivity index (χ3n) is 5.47. The Morgan fingerprint density at radius 3 is 2.37 bits per heavy atom. The third-order valence-corrected chi connectivity index (χ3v) is 5.47. The van der Waals surface area contributed by atoms with E-state index in [4.69, 9.17) is 4.98 Å². The molecule has 0 radical (unpaired) electrons. The van der Waals surface area contributed by atoms with Crippen molar-refractivity contribution in [2.45, 2.75) is 19.3 Å². The minimum atomic E-state index is -0.0212. The maximum Gasteiger partial charge on any atom is 0.276 e. The van der Waals surface area contributed by atoms with Gasteiger partial charge in [-0.05, 0) is 54.7 Å². The van der Waals surface area contributed by atoms with Gasteiger partial charge < -0.3 is 9.80 Å². The standard InChI is InChI=1S/C23H21N3O/c27-23(26-16-14-18-8-2-4-12-21(18)26)19-10-5-13-22(24-19)25-15-6-9-17-7-1-3-11-20(17)25/h1-5,7-8,10-13H,6,9,14-16H2. The van der Waals surface area contributed by atoms with E-state index < -0.39 is 0 Å². The van der Waals surface area contributed by atoms with Crippen molar-refractivity contribution in [3.8, 4) is 0 Å². The zero-order chi connectivity index (χ0) is 18.2. The van der Waals surface area contributed by atoms with Gasteiger partial charge in [0.1, 0.15) is 11.5 Å². The lowest BCUT2D eigenvalue weighted by atomic mass is 10.0. The maximum atomic E-state index is 13.1. The molecule has 4 nitrogen and oxygen atoms in total. The molecule has 2 aromatic carbocycles. The van der Waals surface area contributed by atoms with E-state index in [-0.39, 0.29) is 5.91 Å². The molecule has 0 spiro atoms. The predicted molar refractivity (Wildman–Crippen MR) is 108 cm³/mol. The summed E-state index contributed by atoms with van der Waals surface area (Å²) in [5.74, 6) is 0.826. The molecule has 0 aliphatic carbocycles. The van der Waals surface area contributed by atoms with Crippen molar-refractivity contribution in [3.05, 3.63) is 83.6 Å². The van der Waals surface area contributed by atoms with Crippen LogP contribution in [0.5, 0.6) is 0 Å². The normalized spacial score (nSPS) is 15.4. The second-order valence-corrected chi connectivity index (χ2v) is 7.10. The maximum absolute atomic E-state index is 13.1. The number of hydrogen-bond acceptors (Lipinski definition) is 3. The summed E-state index contributed by atoms with van der Waals surface area (Å²) in [7, 11) is 0. The van der Waals surface area contributed by atoms with Crippen LogP contribution in [0.25, 0.3) is 0 Å². The van der Waals surface area contributed by atoms with Gasteiger partial charge in [0.05, 0.1) is 0 Å². The van der Waals surface area contributed by atoms with Crippen LogP contribution in [0.15, 0.2) is 66.7 Å². The molecule has 3 aromatic rings. The first-order valence-electron chi connectivity index (χ1n) is 9.53. The van der Waals surface area contributed by atoms with Crippen LogP contribution < -0.4 is 9.80 Å². The summed E-state index contributed by atoms with van der Waals surface area (Å²) in [6.07, 6.45) is 3.09. The van der Waals surface area contributed by atoms with E-state index in [1.165, 1.54) is 16.8 Å². The van der Waals surface area contributed by atoms with Gasteiger partial charge in [-0.25, -0.2) is 4.98 Å². The van der Waals surface area contributed by atoms with Crippen LogP contribution in [0, 0.1) is 0 Å². The Balaban J connectivity index is 1.48. The Labute approximate surface area is 159 Å². The summed E-state index contributed by atoms with van der Waals surface area (Å²) >= 11 is 0. The molecular weight excluding hydrogens is 334 g/mol. The van der Waals surface area contributed by atoms with Gasteiger partial charge in [0.2, 0.25) is 0 Å². The first kappa shape index (κ1) is 16.1. The molecule has 0 fully saturated rings. The first-order chi connectivity index (χ1) is 13.3. The second-order valence-electron chi connectivity index (χ2n) is 7.10. The second kappa shape index (κ2) is 6.54. The number of aryl methyl sites for hydroxylation is 1. The Morgan fingerprint density at radius 2 is 1.52 bits per heavy atom. The van der Waals surface area contributed by atoms with Crippen molar-refractivity contribution in [1.29, 1.82) is 0 Å². The highest BCUT2D eigenvalue weighted by molar-refractivity contribution is 6.06. The van der Waals surface area contributed by atoms with E-state index in [0.717, 1.165) is 43.9 Å². The largest absolute Gasteiger partial charge is 0.326 e. The molecule has 27 heavy (non-hydrogen) atoms. The van der Waals surface area contributed by atoms with Crippen LogP contribution >= 0.6 is 0 Å². The molecule has 0 unspecified atom stereocenters. The highest BCUT2D eigenvalue weighted by Gasteiger charge is 2.27. The lowest BCUT2D eigenvalue weighted by Gasteiger charge is -2.30. The molecule has 2 aliphatic heterocycles. The van der Waals surface area contributed by atoms with Crippen molar-refractivity contribution in [2.24, 2.45) is 0 Å².